The van der Waals surface area contributed by atoms with Crippen molar-refractivity contribution in [3.63, 3.8) is 0 Å². The third-order valence-corrected chi connectivity index (χ3v) is 5.09. The Morgan fingerprint density at radius 1 is 1.50 bits per heavy atom. The summed E-state index contributed by atoms with van der Waals surface area (Å²) in [6.07, 6.45) is 5.57. The van der Waals surface area contributed by atoms with Crippen LogP contribution in [-0.2, 0) is 16.1 Å². The minimum atomic E-state index is -0.352. The van der Waals surface area contributed by atoms with Gasteiger partial charge in [-0.1, -0.05) is 13.3 Å². The molecule has 118 valence electrons. The van der Waals surface area contributed by atoms with Crippen LogP contribution >= 0.6 is 11.3 Å². The van der Waals surface area contributed by atoms with E-state index in [1.54, 1.807) is 0 Å². The average Bonchev–Trinajstić information content (AvgIpc) is 2.83. The predicted molar refractivity (Wildman–Crippen MR) is 86.1 cm³/mol. The number of esters is 1. The van der Waals surface area contributed by atoms with Crippen molar-refractivity contribution in [1.82, 2.24) is 9.55 Å². The first-order valence-electron chi connectivity index (χ1n) is 7.68. The zero-order valence-corrected chi connectivity index (χ0v) is 13.7. The lowest BCUT2D eigenvalue weighted by Crippen LogP contribution is -2.30. The van der Waals surface area contributed by atoms with Gasteiger partial charge >= 0.3 is 5.97 Å². The molecule has 2 aromatic rings. The number of aryl methyl sites for hydroxylation is 1. The number of nitrogens with zero attached hydrogens (tertiary/aromatic N) is 2. The fraction of sp³-hybridized carbons (Fsp3) is 0.562. The largest absolute Gasteiger partial charge is 0.461 e. The third kappa shape index (κ3) is 3.21. The van der Waals surface area contributed by atoms with Crippen molar-refractivity contribution in [2.24, 2.45) is 5.92 Å². The Morgan fingerprint density at radius 3 is 3.09 bits per heavy atom. The van der Waals surface area contributed by atoms with Crippen LogP contribution < -0.4 is 5.56 Å². The van der Waals surface area contributed by atoms with Crippen molar-refractivity contribution in [2.45, 2.75) is 52.2 Å². The molecule has 3 rings (SSSR count). The number of hydrogen-bond acceptors (Lipinski definition) is 5. The summed E-state index contributed by atoms with van der Waals surface area (Å²) in [4.78, 5) is 30.4. The first-order chi connectivity index (χ1) is 10.5. The van der Waals surface area contributed by atoms with Crippen LogP contribution in [0.5, 0.6) is 0 Å². The lowest BCUT2D eigenvalue weighted by atomic mass is 9.89. The number of carbonyl (C=O) groups is 1. The molecule has 0 unspecified atom stereocenters. The van der Waals surface area contributed by atoms with Gasteiger partial charge in [0, 0.05) is 4.88 Å². The summed E-state index contributed by atoms with van der Waals surface area (Å²) in [5.41, 5.74) is -0.177. The number of ether oxygens (including phenoxy) is 1. The summed E-state index contributed by atoms with van der Waals surface area (Å²) >= 11 is 1.48. The zero-order valence-electron chi connectivity index (χ0n) is 12.9. The van der Waals surface area contributed by atoms with Crippen molar-refractivity contribution >= 4 is 27.5 Å². The molecule has 0 aromatic carbocycles. The Labute approximate surface area is 132 Å². The number of carbonyl (C=O) groups excluding carboxylic acids is 1. The summed E-state index contributed by atoms with van der Waals surface area (Å²) < 4.78 is 6.85. The number of thiophene rings is 1. The Morgan fingerprint density at radius 2 is 2.32 bits per heavy atom. The average molecular weight is 320 g/mol. The molecule has 0 saturated heterocycles. The van der Waals surface area contributed by atoms with Crippen molar-refractivity contribution in [2.75, 3.05) is 0 Å². The van der Waals surface area contributed by atoms with Gasteiger partial charge in [0.15, 0.2) is 0 Å². The number of fused-ring (bicyclic) bond motifs is 1. The van der Waals surface area contributed by atoms with Crippen LogP contribution in [0.4, 0.5) is 0 Å². The van der Waals surface area contributed by atoms with Gasteiger partial charge in [-0.25, -0.2) is 4.98 Å². The summed E-state index contributed by atoms with van der Waals surface area (Å²) in [5, 5.41) is 0.573. The van der Waals surface area contributed by atoms with E-state index >= 15 is 0 Å². The normalized spacial score (nSPS) is 21.9. The third-order valence-electron chi connectivity index (χ3n) is 4.13. The smallest absolute Gasteiger partial charge is 0.326 e. The Bertz CT molecular complexity index is 749. The summed E-state index contributed by atoms with van der Waals surface area (Å²) in [5.74, 6) is 0.246. The molecule has 2 aromatic heterocycles. The lowest BCUT2D eigenvalue weighted by Gasteiger charge is -2.26. The van der Waals surface area contributed by atoms with Gasteiger partial charge in [-0.05, 0) is 38.2 Å². The van der Waals surface area contributed by atoms with Crippen molar-refractivity contribution < 1.29 is 9.53 Å². The molecule has 2 heterocycles. The molecule has 1 aliphatic rings. The molecule has 0 N–H and O–H groups in total. The summed E-state index contributed by atoms with van der Waals surface area (Å²) in [7, 11) is 0. The van der Waals surface area contributed by atoms with Gasteiger partial charge in [0.05, 0.1) is 11.7 Å². The quantitative estimate of drug-likeness (QED) is 0.816. The van der Waals surface area contributed by atoms with E-state index in [0.717, 1.165) is 24.1 Å². The standard InChI is InChI=1S/C16H20N2O3S/c1-10-4-3-5-12(6-10)21-14(19)8-18-9-17-15-13(16(18)20)7-11(2)22-15/h7,9-10,12H,3-6,8H2,1-2H3/t10-,12+/m1/s1. The van der Waals surface area contributed by atoms with Crippen LogP contribution in [0.2, 0.25) is 0 Å². The monoisotopic (exact) mass is 320 g/mol. The molecule has 0 aliphatic heterocycles. The van der Waals surface area contributed by atoms with Gasteiger partial charge in [-0.3, -0.25) is 14.2 Å². The molecule has 0 spiro atoms. The highest BCUT2D eigenvalue weighted by Gasteiger charge is 2.22. The Hall–Kier alpha value is -1.69. The van der Waals surface area contributed by atoms with Crippen molar-refractivity contribution in [3.8, 4) is 0 Å². The molecule has 1 aliphatic carbocycles. The maximum absolute atomic E-state index is 12.3. The zero-order chi connectivity index (χ0) is 15.7. The Kier molecular flexibility index (Phi) is 4.29. The second kappa shape index (κ2) is 6.20. The van der Waals surface area contributed by atoms with E-state index in [1.807, 2.05) is 13.0 Å². The van der Waals surface area contributed by atoms with Gasteiger partial charge in [-0.15, -0.1) is 11.3 Å². The first-order valence-corrected chi connectivity index (χ1v) is 8.49. The molecule has 1 saturated carbocycles. The molecule has 22 heavy (non-hydrogen) atoms. The van der Waals surface area contributed by atoms with Gasteiger partial charge in [0.25, 0.3) is 5.56 Å². The van der Waals surface area contributed by atoms with Crippen LogP contribution in [0.1, 0.15) is 37.5 Å². The highest BCUT2D eigenvalue weighted by atomic mass is 32.1. The maximum atomic E-state index is 12.3. The van der Waals surface area contributed by atoms with Gasteiger partial charge in [0.2, 0.25) is 0 Å². The second-order valence-corrected chi connectivity index (χ2v) is 7.37. The molecular weight excluding hydrogens is 300 g/mol. The summed E-state index contributed by atoms with van der Waals surface area (Å²) in [6, 6.07) is 1.82. The fourth-order valence-corrected chi connectivity index (χ4v) is 3.88. The lowest BCUT2D eigenvalue weighted by molar-refractivity contribution is -0.152. The van der Waals surface area contributed by atoms with E-state index in [-0.39, 0.29) is 24.2 Å². The molecule has 5 nitrogen and oxygen atoms in total. The van der Waals surface area contributed by atoms with E-state index in [1.165, 1.54) is 28.7 Å². The molecule has 2 atom stereocenters. The second-order valence-electron chi connectivity index (χ2n) is 6.14. The molecule has 6 heteroatoms. The molecule has 0 amide bonds. The van der Waals surface area contributed by atoms with E-state index in [4.69, 9.17) is 4.74 Å². The van der Waals surface area contributed by atoms with Gasteiger partial charge < -0.3 is 4.74 Å². The van der Waals surface area contributed by atoms with E-state index < -0.39 is 0 Å². The fourth-order valence-electron chi connectivity index (χ4n) is 3.04. The molecule has 0 radical (unpaired) electrons. The van der Waals surface area contributed by atoms with E-state index in [9.17, 15) is 9.59 Å². The van der Waals surface area contributed by atoms with Crippen LogP contribution in [-0.4, -0.2) is 21.6 Å². The van der Waals surface area contributed by atoms with Crippen molar-refractivity contribution in [1.29, 1.82) is 0 Å². The summed E-state index contributed by atoms with van der Waals surface area (Å²) in [6.45, 7) is 4.05. The van der Waals surface area contributed by atoms with Crippen LogP contribution in [0.3, 0.4) is 0 Å². The number of hydrogen-bond donors (Lipinski definition) is 0. The highest BCUT2D eigenvalue weighted by molar-refractivity contribution is 7.18. The first kappa shape index (κ1) is 15.2. The highest BCUT2D eigenvalue weighted by Crippen LogP contribution is 2.25. The SMILES string of the molecule is Cc1cc2c(=O)n(CC(=O)O[C@H]3CCC[C@@H](C)C3)cnc2s1. The predicted octanol–water partition coefficient (Wildman–Crippen LogP) is 2.89. The van der Waals surface area contributed by atoms with Crippen LogP contribution in [0.15, 0.2) is 17.2 Å². The minimum absolute atomic E-state index is 0.00738. The Balaban J connectivity index is 1.71. The topological polar surface area (TPSA) is 61.2 Å². The van der Waals surface area contributed by atoms with Crippen LogP contribution in [0, 0.1) is 12.8 Å². The van der Waals surface area contributed by atoms with Crippen molar-refractivity contribution in [3.05, 3.63) is 27.6 Å². The van der Waals surface area contributed by atoms with Crippen LogP contribution in [0.25, 0.3) is 10.2 Å². The molecular formula is C16H20N2O3S. The minimum Gasteiger partial charge on any atom is -0.461 e. The van der Waals surface area contributed by atoms with Gasteiger partial charge in [-0.2, -0.15) is 0 Å². The molecule has 0 bridgehead atoms. The van der Waals surface area contributed by atoms with E-state index in [2.05, 4.69) is 11.9 Å². The van der Waals surface area contributed by atoms with E-state index in [0.29, 0.717) is 16.1 Å². The van der Waals surface area contributed by atoms with Gasteiger partial charge in [0.1, 0.15) is 17.5 Å². The maximum Gasteiger partial charge on any atom is 0.326 e. The number of rotatable bonds is 3. The number of aromatic nitrogens is 2. The molecule has 1 fully saturated rings.